The van der Waals surface area contributed by atoms with Crippen LogP contribution < -0.4 is 10.1 Å². The molecule has 1 N–H and O–H groups in total. The number of hydrogen-bond acceptors (Lipinski definition) is 4. The third kappa shape index (κ3) is 2.91. The highest BCUT2D eigenvalue weighted by atomic mass is 19.1. The van der Waals surface area contributed by atoms with Crippen molar-refractivity contribution in [2.75, 3.05) is 12.4 Å². The Bertz CT molecular complexity index is 549. The molecule has 1 heterocycles. The molecule has 0 radical (unpaired) electrons. The summed E-state index contributed by atoms with van der Waals surface area (Å²) in [4.78, 5) is 7.80. The summed E-state index contributed by atoms with van der Waals surface area (Å²) < 4.78 is 31.0. The lowest BCUT2D eigenvalue weighted by molar-refractivity contribution is 0.397. The first kappa shape index (κ1) is 12.2. The van der Waals surface area contributed by atoms with Gasteiger partial charge in [0, 0.05) is 24.2 Å². The fourth-order valence-corrected chi connectivity index (χ4v) is 1.40. The summed E-state index contributed by atoms with van der Waals surface area (Å²) in [7, 11) is 1.49. The summed E-state index contributed by atoms with van der Waals surface area (Å²) in [5, 5.41) is 2.90. The molecule has 0 saturated carbocycles. The van der Waals surface area contributed by atoms with Gasteiger partial charge in [-0.3, -0.25) is 0 Å². The van der Waals surface area contributed by atoms with Gasteiger partial charge >= 0.3 is 0 Å². The molecule has 0 aliphatic carbocycles. The maximum absolute atomic E-state index is 13.4. The molecule has 0 amide bonds. The monoisotopic (exact) mass is 251 g/mol. The van der Waals surface area contributed by atoms with Crippen LogP contribution in [0.3, 0.4) is 0 Å². The highest BCUT2D eigenvalue weighted by molar-refractivity contribution is 5.38. The van der Waals surface area contributed by atoms with Gasteiger partial charge < -0.3 is 10.1 Å². The Morgan fingerprint density at radius 3 is 2.78 bits per heavy atom. The number of benzene rings is 1. The minimum absolute atomic E-state index is 0.201. The number of methoxy groups -OCH3 is 1. The average molecular weight is 251 g/mol. The SMILES string of the molecule is COc1cc(NCc2ccc(F)cc2F)ncn1. The Morgan fingerprint density at radius 1 is 1.22 bits per heavy atom. The highest BCUT2D eigenvalue weighted by Gasteiger charge is 2.04. The van der Waals surface area contributed by atoms with Crippen molar-refractivity contribution in [1.29, 1.82) is 0 Å². The molecule has 0 atom stereocenters. The van der Waals surface area contributed by atoms with Crippen LogP contribution in [0.15, 0.2) is 30.6 Å². The molecule has 0 unspecified atom stereocenters. The van der Waals surface area contributed by atoms with E-state index in [0.717, 1.165) is 6.07 Å². The summed E-state index contributed by atoms with van der Waals surface area (Å²) in [6.07, 6.45) is 1.34. The molecule has 6 heteroatoms. The normalized spacial score (nSPS) is 10.2. The Balaban J connectivity index is 2.06. The first-order chi connectivity index (χ1) is 8.69. The van der Waals surface area contributed by atoms with Crippen LogP contribution in [0, 0.1) is 11.6 Å². The number of hydrogen-bond donors (Lipinski definition) is 1. The zero-order chi connectivity index (χ0) is 13.0. The quantitative estimate of drug-likeness (QED) is 0.906. The number of nitrogens with zero attached hydrogens (tertiary/aromatic N) is 2. The molecular formula is C12H11F2N3O. The summed E-state index contributed by atoms with van der Waals surface area (Å²) in [5.74, 6) is -0.277. The van der Waals surface area contributed by atoms with Gasteiger partial charge in [-0.15, -0.1) is 0 Å². The van der Waals surface area contributed by atoms with Crippen LogP contribution in [0.4, 0.5) is 14.6 Å². The van der Waals surface area contributed by atoms with Crippen molar-refractivity contribution in [3.63, 3.8) is 0 Å². The van der Waals surface area contributed by atoms with Crippen molar-refractivity contribution in [2.24, 2.45) is 0 Å². The van der Waals surface area contributed by atoms with Crippen LogP contribution in [-0.4, -0.2) is 17.1 Å². The van der Waals surface area contributed by atoms with E-state index in [1.54, 1.807) is 6.07 Å². The van der Waals surface area contributed by atoms with Gasteiger partial charge in [-0.05, 0) is 6.07 Å². The maximum Gasteiger partial charge on any atom is 0.218 e. The fourth-order valence-electron chi connectivity index (χ4n) is 1.40. The standard InChI is InChI=1S/C12H11F2N3O/c1-18-12-5-11(16-7-17-12)15-6-8-2-3-9(13)4-10(8)14/h2-5,7H,6H2,1H3,(H,15,16,17). The molecule has 4 nitrogen and oxygen atoms in total. The Morgan fingerprint density at radius 2 is 2.06 bits per heavy atom. The minimum atomic E-state index is -0.597. The Labute approximate surface area is 103 Å². The molecule has 2 aromatic rings. The summed E-state index contributed by atoms with van der Waals surface area (Å²) in [6.45, 7) is 0.201. The van der Waals surface area contributed by atoms with E-state index in [0.29, 0.717) is 17.3 Å². The summed E-state index contributed by atoms with van der Waals surface area (Å²) in [6, 6.07) is 5.02. The second-order valence-corrected chi connectivity index (χ2v) is 3.53. The van der Waals surface area contributed by atoms with Gasteiger partial charge in [0.1, 0.15) is 23.8 Å². The zero-order valence-electron chi connectivity index (χ0n) is 9.65. The summed E-state index contributed by atoms with van der Waals surface area (Å²) in [5.41, 5.74) is 0.356. The topological polar surface area (TPSA) is 47.0 Å². The first-order valence-electron chi connectivity index (χ1n) is 5.23. The van der Waals surface area contributed by atoms with Crippen molar-refractivity contribution < 1.29 is 13.5 Å². The van der Waals surface area contributed by atoms with E-state index < -0.39 is 11.6 Å². The van der Waals surface area contributed by atoms with E-state index in [-0.39, 0.29) is 6.54 Å². The van der Waals surface area contributed by atoms with Gasteiger partial charge in [0.25, 0.3) is 0 Å². The fraction of sp³-hybridized carbons (Fsp3) is 0.167. The molecule has 0 spiro atoms. The third-order valence-corrected chi connectivity index (χ3v) is 2.33. The van der Waals surface area contributed by atoms with Crippen LogP contribution in [0.5, 0.6) is 5.88 Å². The average Bonchev–Trinajstić information content (AvgIpc) is 2.38. The second kappa shape index (κ2) is 5.39. The van der Waals surface area contributed by atoms with E-state index in [1.807, 2.05) is 0 Å². The molecule has 0 aliphatic rings. The van der Waals surface area contributed by atoms with Crippen LogP contribution >= 0.6 is 0 Å². The number of aromatic nitrogens is 2. The molecule has 18 heavy (non-hydrogen) atoms. The molecule has 0 saturated heterocycles. The predicted octanol–water partition coefficient (Wildman–Crippen LogP) is 2.38. The van der Waals surface area contributed by atoms with Gasteiger partial charge in [0.05, 0.1) is 7.11 Å². The van der Waals surface area contributed by atoms with E-state index in [4.69, 9.17) is 4.74 Å². The van der Waals surface area contributed by atoms with Crippen molar-refractivity contribution in [1.82, 2.24) is 9.97 Å². The number of rotatable bonds is 4. The smallest absolute Gasteiger partial charge is 0.218 e. The molecule has 0 fully saturated rings. The predicted molar refractivity (Wildman–Crippen MR) is 62.3 cm³/mol. The molecule has 1 aromatic heterocycles. The van der Waals surface area contributed by atoms with Gasteiger partial charge in [-0.1, -0.05) is 6.07 Å². The van der Waals surface area contributed by atoms with Crippen molar-refractivity contribution in [3.8, 4) is 5.88 Å². The van der Waals surface area contributed by atoms with E-state index >= 15 is 0 Å². The molecule has 0 bridgehead atoms. The molecule has 2 rings (SSSR count). The minimum Gasteiger partial charge on any atom is -0.481 e. The molecule has 94 valence electrons. The van der Waals surface area contributed by atoms with E-state index in [1.165, 1.54) is 25.6 Å². The first-order valence-corrected chi connectivity index (χ1v) is 5.23. The maximum atomic E-state index is 13.4. The van der Waals surface area contributed by atoms with Crippen molar-refractivity contribution in [3.05, 3.63) is 47.8 Å². The Hall–Kier alpha value is -2.24. The highest BCUT2D eigenvalue weighted by Crippen LogP contribution is 2.14. The summed E-state index contributed by atoms with van der Waals surface area (Å²) >= 11 is 0. The van der Waals surface area contributed by atoms with Crippen molar-refractivity contribution >= 4 is 5.82 Å². The van der Waals surface area contributed by atoms with Gasteiger partial charge in [-0.25, -0.2) is 18.7 Å². The molecular weight excluding hydrogens is 240 g/mol. The van der Waals surface area contributed by atoms with Gasteiger partial charge in [-0.2, -0.15) is 0 Å². The Kier molecular flexibility index (Phi) is 3.66. The van der Waals surface area contributed by atoms with Crippen LogP contribution in [0.25, 0.3) is 0 Å². The second-order valence-electron chi connectivity index (χ2n) is 3.53. The lowest BCUT2D eigenvalue weighted by Gasteiger charge is -2.07. The van der Waals surface area contributed by atoms with Crippen molar-refractivity contribution in [2.45, 2.75) is 6.54 Å². The van der Waals surface area contributed by atoms with E-state index in [2.05, 4.69) is 15.3 Å². The number of ether oxygens (including phenoxy) is 1. The molecule has 0 aliphatic heterocycles. The lowest BCUT2D eigenvalue weighted by atomic mass is 10.2. The molecule has 1 aromatic carbocycles. The number of nitrogens with one attached hydrogen (secondary N) is 1. The zero-order valence-corrected chi connectivity index (χ0v) is 9.65. The lowest BCUT2D eigenvalue weighted by Crippen LogP contribution is -2.04. The van der Waals surface area contributed by atoms with Gasteiger partial charge in [0.15, 0.2) is 0 Å². The van der Waals surface area contributed by atoms with Crippen LogP contribution in [0.2, 0.25) is 0 Å². The van der Waals surface area contributed by atoms with Crippen LogP contribution in [0.1, 0.15) is 5.56 Å². The largest absolute Gasteiger partial charge is 0.481 e. The van der Waals surface area contributed by atoms with Crippen LogP contribution in [-0.2, 0) is 6.54 Å². The third-order valence-electron chi connectivity index (χ3n) is 2.33. The van der Waals surface area contributed by atoms with Gasteiger partial charge in [0.2, 0.25) is 5.88 Å². The number of anilines is 1. The number of halogens is 2. The van der Waals surface area contributed by atoms with E-state index in [9.17, 15) is 8.78 Å².